The van der Waals surface area contributed by atoms with E-state index in [-0.39, 0.29) is 5.91 Å². The van der Waals surface area contributed by atoms with Crippen LogP contribution in [0.4, 0.5) is 5.69 Å². The summed E-state index contributed by atoms with van der Waals surface area (Å²) < 4.78 is 0. The molecular formula is C17H21N3OS. The van der Waals surface area contributed by atoms with Gasteiger partial charge >= 0.3 is 0 Å². The molecule has 1 amide bonds. The highest BCUT2D eigenvalue weighted by atomic mass is 32.1. The fraction of sp³-hybridized carbons (Fsp3) is 0.412. The van der Waals surface area contributed by atoms with Crippen LogP contribution in [0, 0.1) is 6.92 Å². The third-order valence-corrected chi connectivity index (χ3v) is 4.96. The van der Waals surface area contributed by atoms with Crippen LogP contribution < -0.4 is 4.90 Å². The minimum absolute atomic E-state index is 0.246. The zero-order valence-electron chi connectivity index (χ0n) is 12.9. The van der Waals surface area contributed by atoms with Crippen LogP contribution in [-0.4, -0.2) is 42.0 Å². The normalized spacial score (nSPS) is 15.7. The van der Waals surface area contributed by atoms with Crippen molar-refractivity contribution in [1.82, 2.24) is 9.88 Å². The average molecular weight is 315 g/mol. The summed E-state index contributed by atoms with van der Waals surface area (Å²) in [5, 5.41) is 2.03. The van der Waals surface area contributed by atoms with Crippen LogP contribution in [0.3, 0.4) is 0 Å². The summed E-state index contributed by atoms with van der Waals surface area (Å²) in [6.45, 7) is 5.62. The molecule has 0 atom stereocenters. The molecule has 2 aromatic heterocycles. The number of carbonyl (C=O) groups is 1. The SMILES string of the molecule is Cc1cnccc1N1CCCN(C(=O)Cc2cccs2)CC1. The molecule has 0 aliphatic carbocycles. The van der Waals surface area contributed by atoms with Gasteiger partial charge in [-0.15, -0.1) is 11.3 Å². The zero-order chi connectivity index (χ0) is 15.4. The molecule has 0 N–H and O–H groups in total. The van der Waals surface area contributed by atoms with E-state index < -0.39 is 0 Å². The quantitative estimate of drug-likeness (QED) is 0.874. The van der Waals surface area contributed by atoms with E-state index >= 15 is 0 Å². The molecule has 0 saturated carbocycles. The molecule has 1 saturated heterocycles. The number of carbonyl (C=O) groups excluding carboxylic acids is 1. The predicted octanol–water partition coefficient (Wildman–Crippen LogP) is 2.73. The van der Waals surface area contributed by atoms with Crippen molar-refractivity contribution in [3.05, 3.63) is 46.4 Å². The standard InChI is InChI=1S/C17H21N3OS/c1-14-13-18-6-5-16(14)19-7-3-8-20(10-9-19)17(21)12-15-4-2-11-22-15/h2,4-6,11,13H,3,7-10,12H2,1H3. The van der Waals surface area contributed by atoms with Gasteiger partial charge in [0.05, 0.1) is 6.42 Å². The highest BCUT2D eigenvalue weighted by Gasteiger charge is 2.20. The number of pyridine rings is 1. The maximum Gasteiger partial charge on any atom is 0.227 e. The number of amides is 1. The monoisotopic (exact) mass is 315 g/mol. The van der Waals surface area contributed by atoms with Crippen LogP contribution in [0.1, 0.15) is 16.9 Å². The highest BCUT2D eigenvalue weighted by molar-refractivity contribution is 7.10. The molecule has 1 aliphatic rings. The molecule has 0 radical (unpaired) electrons. The number of hydrogen-bond donors (Lipinski definition) is 0. The largest absolute Gasteiger partial charge is 0.369 e. The summed E-state index contributed by atoms with van der Waals surface area (Å²) in [6, 6.07) is 6.11. The van der Waals surface area contributed by atoms with E-state index in [0.717, 1.165) is 37.5 Å². The van der Waals surface area contributed by atoms with Crippen molar-refractivity contribution in [2.75, 3.05) is 31.1 Å². The van der Waals surface area contributed by atoms with Crippen LogP contribution in [0.5, 0.6) is 0 Å². The second-order valence-electron chi connectivity index (χ2n) is 5.64. The van der Waals surface area contributed by atoms with Gasteiger partial charge in [-0.1, -0.05) is 6.07 Å². The van der Waals surface area contributed by atoms with E-state index in [2.05, 4.69) is 22.9 Å². The first-order chi connectivity index (χ1) is 10.7. The Morgan fingerprint density at radius 3 is 2.95 bits per heavy atom. The maximum absolute atomic E-state index is 12.4. The van der Waals surface area contributed by atoms with Crippen LogP contribution in [0.15, 0.2) is 36.0 Å². The van der Waals surface area contributed by atoms with Crippen LogP contribution in [-0.2, 0) is 11.2 Å². The number of thiophene rings is 1. The number of aryl methyl sites for hydroxylation is 1. The van der Waals surface area contributed by atoms with Crippen LogP contribution in [0.25, 0.3) is 0 Å². The maximum atomic E-state index is 12.4. The highest BCUT2D eigenvalue weighted by Crippen LogP contribution is 2.20. The number of rotatable bonds is 3. The molecule has 2 aromatic rings. The van der Waals surface area contributed by atoms with E-state index in [1.165, 1.54) is 11.3 Å². The topological polar surface area (TPSA) is 36.4 Å². The Balaban J connectivity index is 1.62. The minimum Gasteiger partial charge on any atom is -0.369 e. The Bertz CT molecular complexity index is 627. The molecule has 3 rings (SSSR count). The van der Waals surface area contributed by atoms with Crippen molar-refractivity contribution >= 4 is 22.9 Å². The smallest absolute Gasteiger partial charge is 0.227 e. The van der Waals surface area contributed by atoms with Crippen LogP contribution >= 0.6 is 11.3 Å². The van der Waals surface area contributed by atoms with Crippen molar-refractivity contribution in [1.29, 1.82) is 0 Å². The Morgan fingerprint density at radius 2 is 2.18 bits per heavy atom. The molecule has 0 spiro atoms. The lowest BCUT2D eigenvalue weighted by Gasteiger charge is -2.25. The summed E-state index contributed by atoms with van der Waals surface area (Å²) >= 11 is 1.65. The molecule has 0 aromatic carbocycles. The van der Waals surface area contributed by atoms with Crippen molar-refractivity contribution in [3.8, 4) is 0 Å². The van der Waals surface area contributed by atoms with E-state index in [1.807, 2.05) is 34.8 Å². The lowest BCUT2D eigenvalue weighted by Crippen LogP contribution is -2.36. The number of anilines is 1. The van der Waals surface area contributed by atoms with Gasteiger partial charge in [0.15, 0.2) is 0 Å². The van der Waals surface area contributed by atoms with Crippen LogP contribution in [0.2, 0.25) is 0 Å². The Hall–Kier alpha value is -1.88. The molecule has 22 heavy (non-hydrogen) atoms. The number of aromatic nitrogens is 1. The molecule has 0 bridgehead atoms. The van der Waals surface area contributed by atoms with Crippen molar-refractivity contribution in [2.24, 2.45) is 0 Å². The van der Waals surface area contributed by atoms with Gasteiger partial charge in [0, 0.05) is 49.1 Å². The minimum atomic E-state index is 0.246. The second kappa shape index (κ2) is 6.92. The third kappa shape index (κ3) is 3.47. The Labute approximate surface area is 135 Å². The fourth-order valence-electron chi connectivity index (χ4n) is 2.90. The molecule has 0 unspecified atom stereocenters. The lowest BCUT2D eigenvalue weighted by molar-refractivity contribution is -0.130. The third-order valence-electron chi connectivity index (χ3n) is 4.09. The predicted molar refractivity (Wildman–Crippen MR) is 90.4 cm³/mol. The second-order valence-corrected chi connectivity index (χ2v) is 6.67. The van der Waals surface area contributed by atoms with Gasteiger partial charge in [0.25, 0.3) is 0 Å². The summed E-state index contributed by atoms with van der Waals surface area (Å²) in [7, 11) is 0. The van der Waals surface area contributed by atoms with Crippen molar-refractivity contribution < 1.29 is 4.79 Å². The first-order valence-corrected chi connectivity index (χ1v) is 8.58. The molecular weight excluding hydrogens is 294 g/mol. The van der Waals surface area contributed by atoms with Gasteiger partial charge in [0.1, 0.15) is 0 Å². The summed E-state index contributed by atoms with van der Waals surface area (Å²) in [5.74, 6) is 0.246. The van der Waals surface area contributed by atoms with Gasteiger partial charge in [-0.25, -0.2) is 0 Å². The molecule has 1 fully saturated rings. The summed E-state index contributed by atoms with van der Waals surface area (Å²) in [5.41, 5.74) is 2.43. The Kier molecular flexibility index (Phi) is 4.73. The molecule has 5 heteroatoms. The van der Waals surface area contributed by atoms with Gasteiger partial charge in [-0.2, -0.15) is 0 Å². The number of nitrogens with zero attached hydrogens (tertiary/aromatic N) is 3. The molecule has 116 valence electrons. The van der Waals surface area contributed by atoms with E-state index in [9.17, 15) is 4.79 Å². The van der Waals surface area contributed by atoms with E-state index in [0.29, 0.717) is 6.42 Å². The fourth-order valence-corrected chi connectivity index (χ4v) is 3.60. The lowest BCUT2D eigenvalue weighted by atomic mass is 10.2. The van der Waals surface area contributed by atoms with E-state index in [1.54, 1.807) is 11.3 Å². The van der Waals surface area contributed by atoms with Crippen molar-refractivity contribution in [3.63, 3.8) is 0 Å². The van der Waals surface area contributed by atoms with E-state index in [4.69, 9.17) is 0 Å². The number of hydrogen-bond acceptors (Lipinski definition) is 4. The summed E-state index contributed by atoms with van der Waals surface area (Å²) in [4.78, 5) is 22.1. The first kappa shape index (κ1) is 15.0. The van der Waals surface area contributed by atoms with Gasteiger partial charge in [0.2, 0.25) is 5.91 Å². The molecule has 1 aliphatic heterocycles. The zero-order valence-corrected chi connectivity index (χ0v) is 13.7. The van der Waals surface area contributed by atoms with Crippen molar-refractivity contribution in [2.45, 2.75) is 19.8 Å². The van der Waals surface area contributed by atoms with Gasteiger partial charge in [-0.3, -0.25) is 9.78 Å². The molecule has 4 nitrogen and oxygen atoms in total. The van der Waals surface area contributed by atoms with Gasteiger partial charge in [-0.05, 0) is 36.4 Å². The first-order valence-electron chi connectivity index (χ1n) is 7.70. The average Bonchev–Trinajstić information content (AvgIpc) is 2.90. The molecule has 3 heterocycles. The van der Waals surface area contributed by atoms with Gasteiger partial charge < -0.3 is 9.80 Å². The summed E-state index contributed by atoms with van der Waals surface area (Å²) in [6.07, 6.45) is 5.29. The Morgan fingerprint density at radius 1 is 1.27 bits per heavy atom.